The molecule has 314 valence electrons. The first-order valence-electron chi connectivity index (χ1n) is 23.7. The van der Waals surface area contributed by atoms with Crippen molar-refractivity contribution in [3.63, 3.8) is 0 Å². The molecule has 4 aliphatic heterocycles. The van der Waals surface area contributed by atoms with E-state index < -0.39 is 0 Å². The molecule has 4 heterocycles. The first kappa shape index (κ1) is 39.1. The van der Waals surface area contributed by atoms with Crippen LogP contribution < -0.4 is 42.6 Å². The number of anilines is 6. The summed E-state index contributed by atoms with van der Waals surface area (Å²) in [5, 5.41) is 0. The van der Waals surface area contributed by atoms with Gasteiger partial charge in [-0.15, -0.1) is 0 Å². The van der Waals surface area contributed by atoms with Crippen LogP contribution in [-0.4, -0.2) is 13.4 Å². The molecular formula is C62H50B2N2. The molecular weight excluding hydrogens is 794 g/mol. The summed E-state index contributed by atoms with van der Waals surface area (Å²) in [6, 6.07) is 74.0. The van der Waals surface area contributed by atoms with E-state index in [4.69, 9.17) is 0 Å². The van der Waals surface area contributed by atoms with Gasteiger partial charge in [0.1, 0.15) is 0 Å². The summed E-state index contributed by atoms with van der Waals surface area (Å²) in [5.41, 5.74) is 28.8. The largest absolute Gasteiger partial charge is 0.312 e. The van der Waals surface area contributed by atoms with Crippen molar-refractivity contribution in [1.29, 1.82) is 0 Å². The van der Waals surface area contributed by atoms with Crippen LogP contribution in [0.5, 0.6) is 0 Å². The number of rotatable bonds is 4. The molecule has 0 saturated carbocycles. The molecule has 2 nitrogen and oxygen atoms in total. The van der Waals surface area contributed by atoms with Gasteiger partial charge in [-0.05, 0) is 149 Å². The molecule has 13 rings (SSSR count). The number of hydrogen-bond donors (Lipinski definition) is 0. The zero-order chi connectivity index (χ0) is 44.6. The van der Waals surface area contributed by atoms with Crippen molar-refractivity contribution in [3.8, 4) is 44.5 Å². The highest BCUT2D eigenvalue weighted by Crippen LogP contribution is 2.46. The summed E-state index contributed by atoms with van der Waals surface area (Å²) in [6.45, 7) is 13.9. The van der Waals surface area contributed by atoms with Crippen LogP contribution >= 0.6 is 0 Å². The smallest absolute Gasteiger partial charge is 0.248 e. The van der Waals surface area contributed by atoms with Crippen molar-refractivity contribution >= 4 is 80.3 Å². The minimum absolute atomic E-state index is 0.0808. The van der Waals surface area contributed by atoms with Crippen molar-refractivity contribution in [2.24, 2.45) is 0 Å². The van der Waals surface area contributed by atoms with E-state index in [2.05, 4.69) is 245 Å². The quantitative estimate of drug-likeness (QED) is 0.163. The van der Waals surface area contributed by atoms with Crippen molar-refractivity contribution in [2.45, 2.75) is 52.4 Å². The normalized spacial score (nSPS) is 13.8. The Hall–Kier alpha value is -7.29. The fraction of sp³-hybridized carbons (Fsp3) is 0.129. The van der Waals surface area contributed by atoms with Gasteiger partial charge < -0.3 is 9.80 Å². The van der Waals surface area contributed by atoms with Gasteiger partial charge in [0, 0.05) is 34.1 Å². The lowest BCUT2D eigenvalue weighted by Gasteiger charge is -2.41. The number of hydrogen-bond acceptors (Lipinski definition) is 2. The van der Waals surface area contributed by atoms with Crippen LogP contribution in [0.25, 0.3) is 44.5 Å². The maximum absolute atomic E-state index is 2.57. The molecule has 0 amide bonds. The van der Waals surface area contributed by atoms with E-state index in [0.29, 0.717) is 0 Å². The third-order valence-corrected chi connectivity index (χ3v) is 15.0. The fourth-order valence-electron chi connectivity index (χ4n) is 11.7. The Morgan fingerprint density at radius 3 is 1.06 bits per heavy atom. The van der Waals surface area contributed by atoms with Gasteiger partial charge in [0.15, 0.2) is 0 Å². The maximum Gasteiger partial charge on any atom is 0.248 e. The first-order valence-corrected chi connectivity index (χ1v) is 23.7. The van der Waals surface area contributed by atoms with Gasteiger partial charge in [-0.3, -0.25) is 0 Å². The van der Waals surface area contributed by atoms with Crippen LogP contribution in [0.1, 0.15) is 52.7 Å². The molecule has 0 fully saturated rings. The summed E-state index contributed by atoms with van der Waals surface area (Å²) in [5.74, 6) is 0. The van der Waals surface area contributed by atoms with Crippen LogP contribution in [-0.2, 0) is 10.8 Å². The van der Waals surface area contributed by atoms with Crippen LogP contribution in [0.3, 0.4) is 0 Å². The van der Waals surface area contributed by atoms with E-state index in [1.54, 1.807) is 0 Å². The molecule has 0 aliphatic carbocycles. The van der Waals surface area contributed by atoms with Crippen LogP contribution in [0, 0.1) is 0 Å². The maximum atomic E-state index is 2.57. The Morgan fingerprint density at radius 2 is 0.682 bits per heavy atom. The van der Waals surface area contributed by atoms with Crippen molar-refractivity contribution in [3.05, 3.63) is 205 Å². The number of para-hydroxylation sites is 2. The molecule has 0 radical (unpaired) electrons. The van der Waals surface area contributed by atoms with E-state index in [1.165, 1.54) is 123 Å². The lowest BCUT2D eigenvalue weighted by molar-refractivity contribution is 0.590. The lowest BCUT2D eigenvalue weighted by atomic mass is 9.34. The summed E-state index contributed by atoms with van der Waals surface area (Å²) < 4.78 is 0. The molecule has 0 atom stereocenters. The SMILES string of the molecule is CC(C)(C)c1ccc(-c2ccc3c(c2)-c2cccc4c2B3c2cc3c(cc2N4c2ccccc2)B2c4ccc(-c5ccc(C(C)(C)C)cc5)cc4-c4cccc(c42)N3c2ccccc2)cc1. The van der Waals surface area contributed by atoms with Gasteiger partial charge in [-0.25, -0.2) is 0 Å². The van der Waals surface area contributed by atoms with E-state index >= 15 is 0 Å². The van der Waals surface area contributed by atoms with Crippen molar-refractivity contribution in [1.82, 2.24) is 0 Å². The molecule has 9 aromatic carbocycles. The van der Waals surface area contributed by atoms with E-state index in [-0.39, 0.29) is 24.3 Å². The lowest BCUT2D eigenvalue weighted by Crippen LogP contribution is -2.58. The standard InChI is InChI=1S/C62H50B2N2/c1-61(2,3)43-29-23-39(24-30-43)41-27-33-51-49(35-41)47-19-13-21-55-59(47)63(51)53-37-58-54(38-57(53)65(55)45-15-9-7-10-16-45)64-52-34-28-42(40-25-31-44(32-26-40)62(4,5)6)36-50(52)48-20-14-22-56(60(48)64)66(58)46-17-11-8-12-18-46/h7-38H,1-6H3. The van der Waals surface area contributed by atoms with E-state index in [9.17, 15) is 0 Å². The number of nitrogens with zero attached hydrogens (tertiary/aromatic N) is 2. The minimum atomic E-state index is 0.0808. The Morgan fingerprint density at radius 1 is 0.303 bits per heavy atom. The summed E-state index contributed by atoms with van der Waals surface area (Å²) in [4.78, 5) is 5.11. The van der Waals surface area contributed by atoms with Gasteiger partial charge in [0.05, 0.1) is 0 Å². The third kappa shape index (κ3) is 5.77. The molecule has 9 aromatic rings. The predicted octanol–water partition coefficient (Wildman–Crippen LogP) is 12.2. The summed E-state index contributed by atoms with van der Waals surface area (Å²) in [6.07, 6.45) is 0. The van der Waals surface area contributed by atoms with Gasteiger partial charge in [0.25, 0.3) is 0 Å². The number of fused-ring (bicyclic) bond motifs is 10. The third-order valence-electron chi connectivity index (χ3n) is 15.0. The molecule has 4 heteroatoms. The Balaban J connectivity index is 1.03. The topological polar surface area (TPSA) is 6.48 Å². The second-order valence-electron chi connectivity index (χ2n) is 20.9. The molecule has 0 aromatic heterocycles. The average Bonchev–Trinajstić information content (AvgIpc) is 3.85. The minimum Gasteiger partial charge on any atom is -0.312 e. The Kier molecular flexibility index (Phi) is 8.36. The molecule has 0 unspecified atom stereocenters. The van der Waals surface area contributed by atoms with Crippen molar-refractivity contribution < 1.29 is 0 Å². The van der Waals surface area contributed by atoms with Gasteiger partial charge in [-0.1, -0.05) is 186 Å². The molecule has 0 N–H and O–H groups in total. The van der Waals surface area contributed by atoms with Crippen LogP contribution in [0.2, 0.25) is 0 Å². The predicted molar refractivity (Wildman–Crippen MR) is 284 cm³/mol. The van der Waals surface area contributed by atoms with E-state index in [1.807, 2.05) is 0 Å². The van der Waals surface area contributed by atoms with Gasteiger partial charge >= 0.3 is 0 Å². The molecule has 0 spiro atoms. The van der Waals surface area contributed by atoms with Gasteiger partial charge in [-0.2, -0.15) is 0 Å². The van der Waals surface area contributed by atoms with Crippen LogP contribution in [0.4, 0.5) is 34.1 Å². The number of benzene rings is 9. The molecule has 0 bridgehead atoms. The zero-order valence-corrected chi connectivity index (χ0v) is 38.5. The highest BCUT2D eigenvalue weighted by Gasteiger charge is 2.47. The van der Waals surface area contributed by atoms with Crippen molar-refractivity contribution in [2.75, 3.05) is 9.80 Å². The van der Waals surface area contributed by atoms with Gasteiger partial charge in [0.2, 0.25) is 13.4 Å². The average molecular weight is 845 g/mol. The summed E-state index contributed by atoms with van der Waals surface area (Å²) >= 11 is 0. The second-order valence-corrected chi connectivity index (χ2v) is 20.9. The summed E-state index contributed by atoms with van der Waals surface area (Å²) in [7, 11) is 0. The first-order chi connectivity index (χ1) is 32.0. The highest BCUT2D eigenvalue weighted by molar-refractivity contribution is 7.03. The van der Waals surface area contributed by atoms with E-state index in [0.717, 1.165) is 0 Å². The fourth-order valence-corrected chi connectivity index (χ4v) is 11.7. The zero-order valence-electron chi connectivity index (χ0n) is 38.5. The van der Waals surface area contributed by atoms with Crippen LogP contribution in [0.15, 0.2) is 194 Å². The highest BCUT2D eigenvalue weighted by atomic mass is 15.2. The molecule has 4 aliphatic rings. The molecule has 66 heavy (non-hydrogen) atoms. The monoisotopic (exact) mass is 844 g/mol. The Bertz CT molecular complexity index is 3200. The Labute approximate surface area is 390 Å². The molecule has 0 saturated heterocycles. The second kappa shape index (κ2) is 14.1.